The van der Waals surface area contributed by atoms with Crippen LogP contribution in [0.4, 0.5) is 0 Å². The summed E-state index contributed by atoms with van der Waals surface area (Å²) in [5, 5.41) is 35.0. The van der Waals surface area contributed by atoms with Crippen molar-refractivity contribution in [3.63, 3.8) is 0 Å². The normalized spacial score (nSPS) is 14.2. The van der Waals surface area contributed by atoms with Crippen molar-refractivity contribution in [1.82, 2.24) is 16.0 Å². The molecule has 52 heavy (non-hydrogen) atoms. The number of methoxy groups -OCH3 is 2. The topological polar surface area (TPSA) is 202 Å². The molecule has 0 aliphatic carbocycles. The van der Waals surface area contributed by atoms with E-state index in [0.717, 1.165) is 12.0 Å². The molecular weight excluding hydrogens is 672 g/mol. The number of benzene rings is 2. The SMILES string of the molecule is COCCCOc1cc(CC(CC(NC(=O)c2ccc(CON(O)O)cc2)C(O)CC(C(=O)NCC(C)(C)C(N)=O)C(C)C)C(C)C)ccc1OC. The molecule has 2 aromatic rings. The first-order valence-corrected chi connectivity index (χ1v) is 17.7. The van der Waals surface area contributed by atoms with Gasteiger partial charge in [0, 0.05) is 38.2 Å². The van der Waals surface area contributed by atoms with Gasteiger partial charge in [0.05, 0.1) is 43.3 Å². The minimum atomic E-state index is -1.10. The van der Waals surface area contributed by atoms with E-state index < -0.39 is 35.3 Å². The number of amides is 3. The number of ether oxygens (including phenoxy) is 3. The van der Waals surface area contributed by atoms with Crippen molar-refractivity contribution >= 4 is 17.7 Å². The quantitative estimate of drug-likeness (QED) is 0.0665. The Bertz CT molecular complexity index is 1400. The van der Waals surface area contributed by atoms with E-state index in [4.69, 9.17) is 30.4 Å². The maximum Gasteiger partial charge on any atom is 0.251 e. The van der Waals surface area contributed by atoms with E-state index in [9.17, 15) is 19.5 Å². The van der Waals surface area contributed by atoms with Crippen molar-refractivity contribution in [3.05, 3.63) is 59.2 Å². The lowest BCUT2D eigenvalue weighted by molar-refractivity contribution is -0.497. The van der Waals surface area contributed by atoms with Crippen molar-refractivity contribution in [3.8, 4) is 11.5 Å². The van der Waals surface area contributed by atoms with E-state index >= 15 is 0 Å². The highest BCUT2D eigenvalue weighted by Gasteiger charge is 2.34. The van der Waals surface area contributed by atoms with E-state index in [0.29, 0.717) is 48.7 Å². The van der Waals surface area contributed by atoms with Gasteiger partial charge in [0.2, 0.25) is 11.8 Å². The largest absolute Gasteiger partial charge is 0.493 e. The monoisotopic (exact) mass is 732 g/mol. The zero-order chi connectivity index (χ0) is 39.0. The van der Waals surface area contributed by atoms with Crippen LogP contribution in [-0.4, -0.2) is 84.8 Å². The van der Waals surface area contributed by atoms with Crippen LogP contribution in [-0.2, 0) is 32.2 Å². The predicted octanol–water partition coefficient (Wildman–Crippen LogP) is 4.28. The van der Waals surface area contributed by atoms with Crippen LogP contribution in [0.1, 0.15) is 82.3 Å². The molecule has 0 bridgehead atoms. The van der Waals surface area contributed by atoms with Gasteiger partial charge in [0.15, 0.2) is 11.5 Å². The molecule has 0 fully saturated rings. The molecule has 0 heterocycles. The third-order valence-electron chi connectivity index (χ3n) is 9.33. The van der Waals surface area contributed by atoms with Gasteiger partial charge in [-0.25, -0.2) is 4.84 Å². The fourth-order valence-electron chi connectivity index (χ4n) is 5.65. The molecule has 2 rings (SSSR count). The predicted molar refractivity (Wildman–Crippen MR) is 194 cm³/mol. The number of aliphatic hydroxyl groups is 1. The van der Waals surface area contributed by atoms with E-state index in [1.807, 2.05) is 32.0 Å². The molecule has 2 aromatic carbocycles. The van der Waals surface area contributed by atoms with Crippen molar-refractivity contribution in [2.24, 2.45) is 34.8 Å². The fourth-order valence-corrected chi connectivity index (χ4v) is 5.65. The second-order valence-corrected chi connectivity index (χ2v) is 14.5. The first-order chi connectivity index (χ1) is 24.5. The lowest BCUT2D eigenvalue weighted by Crippen LogP contribution is -2.49. The van der Waals surface area contributed by atoms with Crippen molar-refractivity contribution < 1.29 is 49.0 Å². The fraction of sp³-hybridized carbons (Fsp3) is 0.605. The molecule has 4 atom stereocenters. The molecule has 292 valence electrons. The molecule has 0 radical (unpaired) electrons. The Labute approximate surface area is 307 Å². The molecule has 0 spiro atoms. The van der Waals surface area contributed by atoms with E-state index in [1.54, 1.807) is 52.3 Å². The molecular formula is C38H60N4O10. The van der Waals surface area contributed by atoms with Crippen LogP contribution in [0.2, 0.25) is 0 Å². The van der Waals surface area contributed by atoms with Crippen LogP contribution in [0, 0.1) is 29.1 Å². The second kappa shape index (κ2) is 21.7. The van der Waals surface area contributed by atoms with Crippen molar-refractivity contribution in [2.45, 2.75) is 86.0 Å². The number of aliphatic hydroxyl groups excluding tert-OH is 1. The van der Waals surface area contributed by atoms with E-state index in [1.165, 1.54) is 0 Å². The Hall–Kier alpha value is -3.79. The molecule has 4 unspecified atom stereocenters. The third kappa shape index (κ3) is 14.7. The van der Waals surface area contributed by atoms with Gasteiger partial charge in [-0.05, 0) is 86.3 Å². The molecule has 0 saturated carbocycles. The van der Waals surface area contributed by atoms with E-state index in [2.05, 4.69) is 29.3 Å². The number of carbonyl (C=O) groups excluding carboxylic acids is 3. The lowest BCUT2D eigenvalue weighted by Gasteiger charge is -2.33. The van der Waals surface area contributed by atoms with E-state index in [-0.39, 0.29) is 48.6 Å². The zero-order valence-corrected chi connectivity index (χ0v) is 31.9. The van der Waals surface area contributed by atoms with Gasteiger partial charge in [-0.2, -0.15) is 0 Å². The number of primary amides is 1. The van der Waals surface area contributed by atoms with Gasteiger partial charge < -0.3 is 35.7 Å². The molecule has 7 N–H and O–H groups in total. The molecule has 3 amide bonds. The highest BCUT2D eigenvalue weighted by molar-refractivity contribution is 5.94. The summed E-state index contributed by atoms with van der Waals surface area (Å²) in [4.78, 5) is 43.6. The Kier molecular flexibility index (Phi) is 18.5. The summed E-state index contributed by atoms with van der Waals surface area (Å²) in [6.07, 6.45) is 0.698. The number of carbonyl (C=O) groups is 3. The van der Waals surface area contributed by atoms with Gasteiger partial charge in [-0.1, -0.05) is 45.9 Å². The summed E-state index contributed by atoms with van der Waals surface area (Å²) in [7, 11) is 3.23. The van der Waals surface area contributed by atoms with Crippen molar-refractivity contribution in [1.29, 1.82) is 0 Å². The van der Waals surface area contributed by atoms with Crippen LogP contribution < -0.4 is 25.8 Å². The minimum Gasteiger partial charge on any atom is -0.493 e. The van der Waals surface area contributed by atoms with Gasteiger partial charge >= 0.3 is 0 Å². The number of rotatable bonds is 24. The summed E-state index contributed by atoms with van der Waals surface area (Å²) in [6.45, 7) is 12.2. The zero-order valence-electron chi connectivity index (χ0n) is 31.9. The molecule has 14 heteroatoms. The standard InChI is InChI=1S/C38H60N4O10/c1-24(2)29(18-27-12-15-33(50-8)34(19-27)51-17-9-16-49-7)20-31(41-35(44)28-13-10-26(11-14-28)22-52-42(47)48)32(43)21-30(25(3)4)36(45)40-23-38(5,6)37(39)46/h10-15,19,24-25,29-32,43,47-48H,9,16-18,20-23H2,1-8H3,(H2,39,46)(H,40,45)(H,41,44). The van der Waals surface area contributed by atoms with Crippen LogP contribution in [0.3, 0.4) is 0 Å². The molecule has 0 aliphatic heterocycles. The smallest absolute Gasteiger partial charge is 0.251 e. The lowest BCUT2D eigenvalue weighted by atomic mass is 9.80. The average molecular weight is 733 g/mol. The number of nitrogens with zero attached hydrogens (tertiary/aromatic N) is 1. The maximum absolute atomic E-state index is 13.6. The van der Waals surface area contributed by atoms with Gasteiger partial charge in [-0.15, -0.1) is 0 Å². The van der Waals surface area contributed by atoms with Crippen LogP contribution in [0.25, 0.3) is 0 Å². The third-order valence-corrected chi connectivity index (χ3v) is 9.33. The average Bonchev–Trinajstić information content (AvgIpc) is 3.09. The summed E-state index contributed by atoms with van der Waals surface area (Å²) < 4.78 is 16.7. The molecule has 14 nitrogen and oxygen atoms in total. The Morgan fingerprint density at radius 2 is 1.56 bits per heavy atom. The van der Waals surface area contributed by atoms with Crippen molar-refractivity contribution in [2.75, 3.05) is 34.0 Å². The molecule has 0 aliphatic rings. The highest BCUT2D eigenvalue weighted by atomic mass is 17.1. The highest BCUT2D eigenvalue weighted by Crippen LogP contribution is 2.32. The van der Waals surface area contributed by atoms with Gasteiger partial charge in [0.25, 0.3) is 5.91 Å². The molecule has 0 aromatic heterocycles. The number of nitrogens with two attached hydrogens (primary N) is 1. The number of nitrogens with one attached hydrogen (secondary N) is 2. The first-order valence-electron chi connectivity index (χ1n) is 17.7. The molecule has 0 saturated heterocycles. The Morgan fingerprint density at radius 1 is 0.904 bits per heavy atom. The van der Waals surface area contributed by atoms with Gasteiger partial charge in [0.1, 0.15) is 0 Å². The summed E-state index contributed by atoms with van der Waals surface area (Å²) >= 11 is 0. The first kappa shape index (κ1) is 44.4. The Balaban J connectivity index is 2.38. The van der Waals surface area contributed by atoms with Crippen LogP contribution >= 0.6 is 0 Å². The summed E-state index contributed by atoms with van der Waals surface area (Å²) in [6, 6.07) is 11.4. The second-order valence-electron chi connectivity index (χ2n) is 14.5. The van der Waals surface area contributed by atoms with Gasteiger partial charge in [-0.3, -0.25) is 24.8 Å². The summed E-state index contributed by atoms with van der Waals surface area (Å²) in [5.41, 5.74) is 6.47. The number of hydrogen-bond donors (Lipinski definition) is 6. The number of hydrogen-bond acceptors (Lipinski definition) is 11. The minimum absolute atomic E-state index is 0.00295. The summed E-state index contributed by atoms with van der Waals surface area (Å²) in [5.74, 6) is -0.671. The van der Waals surface area contributed by atoms with Crippen LogP contribution in [0.5, 0.6) is 11.5 Å². The maximum atomic E-state index is 13.6. The Morgan fingerprint density at radius 3 is 2.12 bits per heavy atom. The van der Waals surface area contributed by atoms with Crippen LogP contribution in [0.15, 0.2) is 42.5 Å².